The number of rotatable bonds is 6. The highest BCUT2D eigenvalue weighted by atomic mass is 32.2. The number of nitrogens with one attached hydrogen (secondary N) is 1. The molecule has 6 nitrogen and oxygen atoms in total. The molecule has 1 heterocycles. The highest BCUT2D eigenvalue weighted by Crippen LogP contribution is 2.66. The average molecular weight is 399 g/mol. The molecule has 1 fully saturated rings. The van der Waals surface area contributed by atoms with Crippen molar-refractivity contribution >= 4 is 23.4 Å². The van der Waals surface area contributed by atoms with Crippen LogP contribution in [0.2, 0.25) is 0 Å². The third-order valence-corrected chi connectivity index (χ3v) is 7.39. The van der Waals surface area contributed by atoms with Crippen LogP contribution in [0.15, 0.2) is 29.4 Å². The van der Waals surface area contributed by atoms with Crippen LogP contribution in [0.3, 0.4) is 0 Å². The van der Waals surface area contributed by atoms with E-state index in [1.54, 1.807) is 0 Å². The second-order valence-electron chi connectivity index (χ2n) is 8.27. The zero-order valence-electron chi connectivity index (χ0n) is 16.8. The standard InChI is InChI=1S/C21H26N4O2S/c1-5-27-14-8-6-13(7-9-14)22-16(26)12-28-19-23-18-17(24-25-19)15-10-11-21(18,4)20(15,2)3/h6-9,15H,5,10-12H2,1-4H3,(H,22,26)/t15-,21+/m1/s1. The van der Waals surface area contributed by atoms with Crippen molar-refractivity contribution in [3.8, 4) is 5.75 Å². The molecule has 2 aromatic rings. The predicted molar refractivity (Wildman–Crippen MR) is 110 cm³/mol. The predicted octanol–water partition coefficient (Wildman–Crippen LogP) is 4.18. The van der Waals surface area contributed by atoms with Crippen LogP contribution in [0.4, 0.5) is 5.69 Å². The van der Waals surface area contributed by atoms with Crippen LogP contribution in [-0.2, 0) is 10.2 Å². The molecule has 2 atom stereocenters. The van der Waals surface area contributed by atoms with Gasteiger partial charge in [-0.1, -0.05) is 32.5 Å². The Morgan fingerprint density at radius 1 is 1.25 bits per heavy atom. The molecule has 148 valence electrons. The second kappa shape index (κ2) is 7.03. The molecule has 1 saturated carbocycles. The number of thioether (sulfide) groups is 1. The van der Waals surface area contributed by atoms with Gasteiger partial charge in [-0.25, -0.2) is 4.98 Å². The van der Waals surface area contributed by atoms with E-state index in [-0.39, 0.29) is 22.5 Å². The molecule has 0 radical (unpaired) electrons. The Balaban J connectivity index is 1.39. The van der Waals surface area contributed by atoms with Gasteiger partial charge in [-0.2, -0.15) is 5.10 Å². The smallest absolute Gasteiger partial charge is 0.234 e. The van der Waals surface area contributed by atoms with E-state index in [9.17, 15) is 4.79 Å². The van der Waals surface area contributed by atoms with Crippen molar-refractivity contribution in [2.24, 2.45) is 5.41 Å². The van der Waals surface area contributed by atoms with Crippen LogP contribution in [0.5, 0.6) is 5.75 Å². The minimum absolute atomic E-state index is 0.0445. The van der Waals surface area contributed by atoms with Gasteiger partial charge in [-0.15, -0.1) is 5.10 Å². The van der Waals surface area contributed by atoms with E-state index in [2.05, 4.69) is 36.3 Å². The second-order valence-corrected chi connectivity index (χ2v) is 9.21. The van der Waals surface area contributed by atoms with Gasteiger partial charge in [0, 0.05) is 17.0 Å². The van der Waals surface area contributed by atoms with Crippen molar-refractivity contribution in [1.82, 2.24) is 15.2 Å². The topological polar surface area (TPSA) is 77.0 Å². The number of carbonyl (C=O) groups excluding carboxylic acids is 1. The third-order valence-electron chi connectivity index (χ3n) is 6.55. The van der Waals surface area contributed by atoms with Gasteiger partial charge in [0.15, 0.2) is 0 Å². The van der Waals surface area contributed by atoms with Crippen molar-refractivity contribution in [3.63, 3.8) is 0 Å². The minimum Gasteiger partial charge on any atom is -0.494 e. The van der Waals surface area contributed by atoms with Gasteiger partial charge in [0.05, 0.1) is 23.7 Å². The van der Waals surface area contributed by atoms with Gasteiger partial charge in [-0.3, -0.25) is 4.79 Å². The Hall–Kier alpha value is -2.15. The maximum atomic E-state index is 12.3. The molecule has 0 saturated heterocycles. The minimum atomic E-state index is -0.0914. The fourth-order valence-electron chi connectivity index (χ4n) is 4.55. The van der Waals surface area contributed by atoms with Crippen LogP contribution in [0.1, 0.15) is 57.8 Å². The summed E-state index contributed by atoms with van der Waals surface area (Å²) in [6.07, 6.45) is 2.29. The summed E-state index contributed by atoms with van der Waals surface area (Å²) in [5, 5.41) is 12.2. The normalized spacial score (nSPS) is 24.1. The fourth-order valence-corrected chi connectivity index (χ4v) is 5.14. The number of benzene rings is 1. The summed E-state index contributed by atoms with van der Waals surface area (Å²) in [5.41, 5.74) is 3.09. The van der Waals surface area contributed by atoms with E-state index in [4.69, 9.17) is 9.72 Å². The summed E-state index contributed by atoms with van der Waals surface area (Å²) in [5.74, 6) is 1.39. The average Bonchev–Trinajstić information content (AvgIpc) is 3.00. The number of fused-ring (bicyclic) bond motifs is 5. The lowest BCUT2D eigenvalue weighted by Crippen LogP contribution is -2.32. The number of nitrogens with zero attached hydrogens (tertiary/aromatic N) is 3. The molecule has 1 aromatic heterocycles. The zero-order valence-corrected chi connectivity index (χ0v) is 17.6. The van der Waals surface area contributed by atoms with Crippen LogP contribution >= 0.6 is 11.8 Å². The highest BCUT2D eigenvalue weighted by Gasteiger charge is 2.61. The Kier molecular flexibility index (Phi) is 4.81. The Labute approximate surface area is 169 Å². The lowest BCUT2D eigenvalue weighted by atomic mass is 9.70. The van der Waals surface area contributed by atoms with Crippen molar-refractivity contribution in [3.05, 3.63) is 35.7 Å². The van der Waals surface area contributed by atoms with E-state index < -0.39 is 0 Å². The van der Waals surface area contributed by atoms with E-state index in [0.29, 0.717) is 17.7 Å². The van der Waals surface area contributed by atoms with Gasteiger partial charge in [0.25, 0.3) is 0 Å². The first-order chi connectivity index (χ1) is 13.3. The first-order valence-electron chi connectivity index (χ1n) is 9.76. The Morgan fingerprint density at radius 2 is 2.00 bits per heavy atom. The van der Waals surface area contributed by atoms with Crippen molar-refractivity contribution < 1.29 is 9.53 Å². The molecule has 1 amide bonds. The van der Waals surface area contributed by atoms with E-state index in [0.717, 1.165) is 35.7 Å². The SMILES string of the molecule is CCOc1ccc(NC(=O)CSc2nnc3c(n2)[C@]2(C)CC[C@H]3C2(C)C)cc1. The largest absolute Gasteiger partial charge is 0.494 e. The third kappa shape index (κ3) is 3.05. The van der Waals surface area contributed by atoms with Gasteiger partial charge < -0.3 is 10.1 Å². The maximum absolute atomic E-state index is 12.3. The van der Waals surface area contributed by atoms with Crippen LogP contribution in [0, 0.1) is 5.41 Å². The lowest BCUT2D eigenvalue weighted by molar-refractivity contribution is -0.113. The molecule has 1 aromatic carbocycles. The van der Waals surface area contributed by atoms with Crippen LogP contribution in [0.25, 0.3) is 0 Å². The molecule has 0 unspecified atom stereocenters. The number of carbonyl (C=O) groups is 1. The summed E-state index contributed by atoms with van der Waals surface area (Å²) < 4.78 is 5.41. The number of hydrogen-bond acceptors (Lipinski definition) is 6. The summed E-state index contributed by atoms with van der Waals surface area (Å²) in [6, 6.07) is 7.36. The molecule has 0 aliphatic heterocycles. The molecule has 2 aliphatic rings. The van der Waals surface area contributed by atoms with Gasteiger partial charge >= 0.3 is 0 Å². The first-order valence-corrected chi connectivity index (χ1v) is 10.7. The first kappa shape index (κ1) is 19.2. The molecular weight excluding hydrogens is 372 g/mol. The van der Waals surface area contributed by atoms with Gasteiger partial charge in [0.2, 0.25) is 11.1 Å². The van der Waals surface area contributed by atoms with Crippen molar-refractivity contribution in [2.75, 3.05) is 17.7 Å². The number of ether oxygens (including phenoxy) is 1. The molecule has 0 spiro atoms. The fraction of sp³-hybridized carbons (Fsp3) is 0.524. The number of hydrogen-bond donors (Lipinski definition) is 1. The monoisotopic (exact) mass is 398 g/mol. The van der Waals surface area contributed by atoms with E-state index >= 15 is 0 Å². The maximum Gasteiger partial charge on any atom is 0.234 e. The van der Waals surface area contributed by atoms with E-state index in [1.807, 2.05) is 31.2 Å². The molecule has 28 heavy (non-hydrogen) atoms. The number of amides is 1. The Morgan fingerprint density at radius 3 is 2.71 bits per heavy atom. The number of anilines is 1. The molecule has 2 bridgehead atoms. The highest BCUT2D eigenvalue weighted by molar-refractivity contribution is 7.99. The molecule has 4 rings (SSSR count). The summed E-state index contributed by atoms with van der Waals surface area (Å²) in [6.45, 7) is 9.47. The lowest BCUT2D eigenvalue weighted by Gasteiger charge is -2.33. The summed E-state index contributed by atoms with van der Waals surface area (Å²) >= 11 is 1.33. The number of aromatic nitrogens is 3. The van der Waals surface area contributed by atoms with Crippen LogP contribution < -0.4 is 10.1 Å². The molecule has 7 heteroatoms. The van der Waals surface area contributed by atoms with Crippen molar-refractivity contribution in [2.45, 2.75) is 57.0 Å². The van der Waals surface area contributed by atoms with Crippen LogP contribution in [-0.4, -0.2) is 33.4 Å². The Bertz CT molecular complexity index is 900. The van der Waals surface area contributed by atoms with Gasteiger partial charge in [0.1, 0.15) is 5.75 Å². The van der Waals surface area contributed by atoms with Gasteiger partial charge in [-0.05, 0) is 49.4 Å². The van der Waals surface area contributed by atoms with Crippen molar-refractivity contribution in [1.29, 1.82) is 0 Å². The quantitative estimate of drug-likeness (QED) is 0.736. The molecule has 1 N–H and O–H groups in total. The molecular formula is C21H26N4O2S. The zero-order chi connectivity index (χ0) is 19.9. The summed E-state index contributed by atoms with van der Waals surface area (Å²) in [7, 11) is 0. The molecule has 2 aliphatic carbocycles. The van der Waals surface area contributed by atoms with E-state index in [1.165, 1.54) is 11.8 Å². The summed E-state index contributed by atoms with van der Waals surface area (Å²) in [4.78, 5) is 17.1.